The number of carbonyl (C=O) groups excluding carboxylic acids is 1. The van der Waals surface area contributed by atoms with Crippen LogP contribution in [0.2, 0.25) is 0 Å². The molecule has 0 aliphatic heterocycles. The lowest BCUT2D eigenvalue weighted by Crippen LogP contribution is -2.14. The largest absolute Gasteiger partial charge is 0.505 e. The molecule has 0 saturated carbocycles. The van der Waals surface area contributed by atoms with Crippen molar-refractivity contribution in [1.29, 1.82) is 0 Å². The van der Waals surface area contributed by atoms with Crippen molar-refractivity contribution in [2.75, 3.05) is 18.9 Å². The van der Waals surface area contributed by atoms with Crippen molar-refractivity contribution < 1.29 is 27.8 Å². The van der Waals surface area contributed by atoms with Crippen LogP contribution in [0.4, 0.5) is 11.5 Å². The zero-order valence-corrected chi connectivity index (χ0v) is 21.7. The van der Waals surface area contributed by atoms with Crippen LogP contribution in [0.5, 0.6) is 11.9 Å². The maximum Gasteiger partial charge on any atom is 0.321 e. The summed E-state index contributed by atoms with van der Waals surface area (Å²) in [4.78, 5) is 20.9. The molecule has 1 heterocycles. The van der Waals surface area contributed by atoms with E-state index in [0.29, 0.717) is 11.1 Å². The third kappa shape index (κ3) is 6.62. The van der Waals surface area contributed by atoms with Crippen LogP contribution in [-0.2, 0) is 10.0 Å². The molecule has 12 heteroatoms. The van der Waals surface area contributed by atoms with Crippen LogP contribution in [0.1, 0.15) is 15.9 Å². The number of nitrogens with one attached hydrogen (secondary N) is 1. The van der Waals surface area contributed by atoms with Crippen molar-refractivity contribution in [2.45, 2.75) is 4.90 Å². The lowest BCUT2D eigenvalue weighted by molar-refractivity contribution is 0.103. The number of aliphatic hydroxyl groups excluding tert-OH is 1. The van der Waals surface area contributed by atoms with Crippen molar-refractivity contribution in [3.05, 3.63) is 108 Å². The van der Waals surface area contributed by atoms with Gasteiger partial charge in [-0.3, -0.25) is 9.52 Å². The van der Waals surface area contributed by atoms with Gasteiger partial charge in [0.2, 0.25) is 11.7 Å². The van der Waals surface area contributed by atoms with E-state index in [-0.39, 0.29) is 39.7 Å². The van der Waals surface area contributed by atoms with Crippen molar-refractivity contribution in [3.63, 3.8) is 0 Å². The minimum Gasteiger partial charge on any atom is -0.505 e. The number of ketones is 1. The molecule has 1 aromatic heterocycles. The number of azo groups is 1. The Morgan fingerprint density at radius 2 is 1.46 bits per heavy atom. The minimum atomic E-state index is -4.04. The van der Waals surface area contributed by atoms with Crippen LogP contribution < -0.4 is 14.2 Å². The molecule has 0 amide bonds. The molecule has 0 fully saturated rings. The zero-order valence-electron chi connectivity index (χ0n) is 20.8. The van der Waals surface area contributed by atoms with Crippen LogP contribution in [-0.4, -0.2) is 43.5 Å². The standard InChI is InChI=1S/C27H23N5O6S/c1-37-23-17-22(28-27(29-23)38-2)32-39(35,36)21-15-13-20(14-16-21)30-31-24(25(33)18-9-5-3-6-10-18)26(34)19-11-7-4-8-12-19/h3-17,33H,1-2H3,(H,28,29,32). The highest BCUT2D eigenvalue weighted by Crippen LogP contribution is 2.25. The molecule has 2 N–H and O–H groups in total. The molecule has 0 saturated heterocycles. The second-order valence-electron chi connectivity index (χ2n) is 7.84. The van der Waals surface area contributed by atoms with Gasteiger partial charge in [0, 0.05) is 17.2 Å². The average molecular weight is 546 g/mol. The third-order valence-corrected chi connectivity index (χ3v) is 6.62. The van der Waals surface area contributed by atoms with Gasteiger partial charge < -0.3 is 14.6 Å². The molecular weight excluding hydrogens is 522 g/mol. The normalized spacial score (nSPS) is 12.1. The minimum absolute atomic E-state index is 0.0481. The van der Waals surface area contributed by atoms with Crippen LogP contribution in [0.25, 0.3) is 5.76 Å². The van der Waals surface area contributed by atoms with Gasteiger partial charge in [-0.2, -0.15) is 15.1 Å². The Kier molecular flexibility index (Phi) is 8.27. The summed E-state index contributed by atoms with van der Waals surface area (Å²) < 4.78 is 38.1. The van der Waals surface area contributed by atoms with E-state index >= 15 is 0 Å². The monoisotopic (exact) mass is 545 g/mol. The quantitative estimate of drug-likeness (QED) is 0.120. The summed E-state index contributed by atoms with van der Waals surface area (Å²) in [7, 11) is -1.32. The fourth-order valence-corrected chi connectivity index (χ4v) is 4.30. The van der Waals surface area contributed by atoms with Crippen molar-refractivity contribution in [2.24, 2.45) is 10.2 Å². The highest BCUT2D eigenvalue weighted by Gasteiger charge is 2.19. The van der Waals surface area contributed by atoms with Gasteiger partial charge in [-0.25, -0.2) is 8.42 Å². The summed E-state index contributed by atoms with van der Waals surface area (Å²) in [5.41, 5.74) is 0.691. The average Bonchev–Trinajstić information content (AvgIpc) is 2.97. The predicted octanol–water partition coefficient (Wildman–Crippen LogP) is 5.19. The molecule has 0 aliphatic carbocycles. The number of hydrogen-bond acceptors (Lipinski definition) is 10. The zero-order chi connectivity index (χ0) is 27.8. The van der Waals surface area contributed by atoms with Crippen molar-refractivity contribution >= 4 is 33.1 Å². The van der Waals surface area contributed by atoms with Crippen LogP contribution in [0.3, 0.4) is 0 Å². The molecule has 39 heavy (non-hydrogen) atoms. The van der Waals surface area contributed by atoms with Gasteiger partial charge in [-0.15, -0.1) is 5.11 Å². The van der Waals surface area contributed by atoms with Gasteiger partial charge in [0.1, 0.15) is 0 Å². The van der Waals surface area contributed by atoms with E-state index in [4.69, 9.17) is 9.47 Å². The number of benzene rings is 3. The summed E-state index contributed by atoms with van der Waals surface area (Å²) >= 11 is 0. The van der Waals surface area contributed by atoms with Crippen LogP contribution in [0.15, 0.2) is 112 Å². The van der Waals surface area contributed by atoms with Crippen LogP contribution in [0, 0.1) is 0 Å². The second kappa shape index (κ2) is 12.0. The number of sulfonamides is 1. The topological polar surface area (TPSA) is 152 Å². The number of ether oxygens (including phenoxy) is 2. The van der Waals surface area contributed by atoms with Gasteiger partial charge in [-0.1, -0.05) is 60.7 Å². The number of aromatic nitrogens is 2. The summed E-state index contributed by atoms with van der Waals surface area (Å²) in [6.45, 7) is 0. The first-order valence-electron chi connectivity index (χ1n) is 11.4. The fourth-order valence-electron chi connectivity index (χ4n) is 3.31. The molecule has 0 bridgehead atoms. The number of carbonyl (C=O) groups is 1. The molecular formula is C27H23N5O6S. The highest BCUT2D eigenvalue weighted by atomic mass is 32.2. The van der Waals surface area contributed by atoms with Crippen LogP contribution >= 0.6 is 0 Å². The Morgan fingerprint density at radius 1 is 0.846 bits per heavy atom. The van der Waals surface area contributed by atoms with Gasteiger partial charge >= 0.3 is 6.01 Å². The maximum atomic E-state index is 13.1. The lowest BCUT2D eigenvalue weighted by Gasteiger charge is -2.09. The summed E-state index contributed by atoms with van der Waals surface area (Å²) in [5.74, 6) is -0.803. The molecule has 11 nitrogen and oxygen atoms in total. The van der Waals surface area contributed by atoms with E-state index in [1.54, 1.807) is 60.7 Å². The Hall–Kier alpha value is -5.10. The summed E-state index contributed by atoms with van der Waals surface area (Å²) in [6.07, 6.45) is 0. The molecule has 4 rings (SSSR count). The smallest absolute Gasteiger partial charge is 0.321 e. The summed E-state index contributed by atoms with van der Waals surface area (Å²) in [6, 6.07) is 23.5. The molecule has 0 unspecified atom stereocenters. The number of methoxy groups -OCH3 is 2. The Balaban J connectivity index is 1.61. The Bertz CT molecular complexity index is 1600. The van der Waals surface area contributed by atoms with Crippen molar-refractivity contribution in [1.82, 2.24) is 9.97 Å². The van der Waals surface area contributed by atoms with E-state index in [1.165, 1.54) is 44.6 Å². The van der Waals surface area contributed by atoms with E-state index in [1.807, 2.05) is 0 Å². The number of aliphatic hydroxyl groups is 1. The van der Waals surface area contributed by atoms with Crippen molar-refractivity contribution in [3.8, 4) is 11.9 Å². The molecule has 198 valence electrons. The first-order valence-corrected chi connectivity index (χ1v) is 12.9. The number of nitrogens with zero attached hydrogens (tertiary/aromatic N) is 4. The molecule has 0 atom stereocenters. The summed E-state index contributed by atoms with van der Waals surface area (Å²) in [5, 5.41) is 19.0. The van der Waals surface area contributed by atoms with E-state index in [9.17, 15) is 18.3 Å². The van der Waals surface area contributed by atoms with Gasteiger partial charge in [0.15, 0.2) is 17.3 Å². The molecule has 0 radical (unpaired) electrons. The Labute approximate surface area is 224 Å². The SMILES string of the molecule is COc1cc(NS(=O)(=O)c2ccc(N=NC(C(=O)c3ccccc3)=C(O)c3ccccc3)cc2)nc(OC)n1. The number of hydrogen-bond donors (Lipinski definition) is 2. The highest BCUT2D eigenvalue weighted by molar-refractivity contribution is 7.92. The predicted molar refractivity (Wildman–Crippen MR) is 144 cm³/mol. The second-order valence-corrected chi connectivity index (χ2v) is 9.52. The fraction of sp³-hybridized carbons (Fsp3) is 0.0741. The first kappa shape index (κ1) is 26.9. The maximum absolute atomic E-state index is 13.1. The molecule has 4 aromatic rings. The molecule has 3 aromatic carbocycles. The molecule has 0 spiro atoms. The number of anilines is 1. The number of rotatable bonds is 10. The van der Waals surface area contributed by atoms with E-state index in [0.717, 1.165) is 0 Å². The van der Waals surface area contributed by atoms with Gasteiger partial charge in [-0.05, 0) is 24.3 Å². The molecule has 0 aliphatic rings. The number of allylic oxidation sites excluding steroid dienone is 1. The van der Waals surface area contributed by atoms with Gasteiger partial charge in [0.05, 0.1) is 24.8 Å². The lowest BCUT2D eigenvalue weighted by atomic mass is 10.1. The Morgan fingerprint density at radius 3 is 2.05 bits per heavy atom. The first-order chi connectivity index (χ1) is 18.8. The van der Waals surface area contributed by atoms with Gasteiger partial charge in [0.25, 0.3) is 10.0 Å². The third-order valence-electron chi connectivity index (χ3n) is 5.25. The van der Waals surface area contributed by atoms with E-state index < -0.39 is 15.8 Å². The van der Waals surface area contributed by atoms with E-state index in [2.05, 4.69) is 24.9 Å². The number of Topliss-reactive ketones (excluding diaryl/α,β-unsaturated/α-hetero) is 1.